The van der Waals surface area contributed by atoms with Crippen LogP contribution in [0.3, 0.4) is 0 Å². The fourth-order valence-corrected chi connectivity index (χ4v) is 2.11. The second-order valence-corrected chi connectivity index (χ2v) is 5.55. The minimum absolute atomic E-state index is 0.208. The van der Waals surface area contributed by atoms with Gasteiger partial charge in [-0.2, -0.15) is 0 Å². The lowest BCUT2D eigenvalue weighted by Crippen LogP contribution is -2.43. The van der Waals surface area contributed by atoms with Crippen LogP contribution in [0.2, 0.25) is 5.02 Å². The highest BCUT2D eigenvalue weighted by Gasteiger charge is 2.15. The predicted molar refractivity (Wildman–Crippen MR) is 72.6 cm³/mol. The molecule has 0 atom stereocenters. The Balaban J connectivity index is 2.76. The van der Waals surface area contributed by atoms with Crippen LogP contribution in [0.15, 0.2) is 18.2 Å². The van der Waals surface area contributed by atoms with Gasteiger partial charge in [0, 0.05) is 29.2 Å². The fourth-order valence-electron chi connectivity index (χ4n) is 1.91. The first-order valence-electron chi connectivity index (χ1n) is 5.61. The minimum Gasteiger partial charge on any atom is -0.496 e. The van der Waals surface area contributed by atoms with Gasteiger partial charge in [0.05, 0.1) is 7.11 Å². The number of rotatable bonds is 5. The van der Waals surface area contributed by atoms with E-state index in [4.69, 9.17) is 22.1 Å². The number of nitrogens with two attached hydrogens (primary N) is 1. The molecule has 1 rings (SSSR count). The molecule has 0 saturated carbocycles. The Hall–Kier alpha value is -0.770. The van der Waals surface area contributed by atoms with E-state index in [1.165, 1.54) is 0 Å². The monoisotopic (exact) mass is 256 g/mol. The quantitative estimate of drug-likeness (QED) is 0.880. The SMILES string of the molecule is COc1ccc(Cl)cc1CN(C)CC(C)(C)N. The summed E-state index contributed by atoms with van der Waals surface area (Å²) < 4.78 is 5.31. The molecule has 0 aliphatic carbocycles. The maximum atomic E-state index is 5.99. The molecule has 2 N–H and O–H groups in total. The number of likely N-dealkylation sites (N-methyl/N-ethyl adjacent to an activating group) is 1. The first-order chi connectivity index (χ1) is 7.81. The van der Waals surface area contributed by atoms with Crippen LogP contribution in [-0.2, 0) is 6.54 Å². The Labute approximate surface area is 109 Å². The molecule has 0 spiro atoms. The summed E-state index contributed by atoms with van der Waals surface area (Å²) in [6.45, 7) is 5.60. The van der Waals surface area contributed by atoms with Crippen molar-refractivity contribution in [2.24, 2.45) is 5.73 Å². The molecule has 0 saturated heterocycles. The molecule has 4 heteroatoms. The molecule has 96 valence electrons. The first-order valence-corrected chi connectivity index (χ1v) is 5.99. The average molecular weight is 257 g/mol. The number of hydrogen-bond acceptors (Lipinski definition) is 3. The number of hydrogen-bond donors (Lipinski definition) is 1. The van der Waals surface area contributed by atoms with E-state index in [9.17, 15) is 0 Å². The van der Waals surface area contributed by atoms with Gasteiger partial charge >= 0.3 is 0 Å². The summed E-state index contributed by atoms with van der Waals surface area (Å²) in [5, 5.41) is 0.723. The zero-order chi connectivity index (χ0) is 13.1. The van der Waals surface area contributed by atoms with Gasteiger partial charge in [0.15, 0.2) is 0 Å². The molecule has 1 aromatic rings. The van der Waals surface area contributed by atoms with Crippen LogP contribution in [0.1, 0.15) is 19.4 Å². The van der Waals surface area contributed by atoms with Gasteiger partial charge in [-0.3, -0.25) is 0 Å². The van der Waals surface area contributed by atoms with Gasteiger partial charge in [-0.15, -0.1) is 0 Å². The van der Waals surface area contributed by atoms with E-state index in [1.54, 1.807) is 7.11 Å². The Morgan fingerprint density at radius 3 is 2.59 bits per heavy atom. The first kappa shape index (κ1) is 14.3. The average Bonchev–Trinajstić information content (AvgIpc) is 2.14. The summed E-state index contributed by atoms with van der Waals surface area (Å²) in [5.41, 5.74) is 6.86. The summed E-state index contributed by atoms with van der Waals surface area (Å²) >= 11 is 5.99. The molecular formula is C13H21ClN2O. The highest BCUT2D eigenvalue weighted by molar-refractivity contribution is 6.30. The summed E-state index contributed by atoms with van der Waals surface area (Å²) in [4.78, 5) is 2.16. The normalized spacial score (nSPS) is 11.9. The van der Waals surface area contributed by atoms with Crippen molar-refractivity contribution >= 4 is 11.6 Å². The van der Waals surface area contributed by atoms with Crippen LogP contribution in [0, 0.1) is 0 Å². The Morgan fingerprint density at radius 2 is 2.06 bits per heavy atom. The number of benzene rings is 1. The van der Waals surface area contributed by atoms with Gasteiger partial charge in [-0.05, 0) is 39.1 Å². The second-order valence-electron chi connectivity index (χ2n) is 5.12. The summed E-state index contributed by atoms with van der Waals surface area (Å²) in [7, 11) is 3.70. The zero-order valence-electron chi connectivity index (χ0n) is 11.0. The molecule has 1 aromatic carbocycles. The van der Waals surface area contributed by atoms with Crippen LogP contribution < -0.4 is 10.5 Å². The highest BCUT2D eigenvalue weighted by atomic mass is 35.5. The molecule has 0 unspecified atom stereocenters. The Bertz CT molecular complexity index is 374. The molecule has 17 heavy (non-hydrogen) atoms. The van der Waals surface area contributed by atoms with E-state index in [0.717, 1.165) is 29.4 Å². The van der Waals surface area contributed by atoms with Crippen molar-refractivity contribution in [3.63, 3.8) is 0 Å². The van der Waals surface area contributed by atoms with Gasteiger partial charge in [0.25, 0.3) is 0 Å². The van der Waals surface area contributed by atoms with Crippen LogP contribution in [-0.4, -0.2) is 31.1 Å². The Kier molecular flexibility index (Phi) is 4.80. The smallest absolute Gasteiger partial charge is 0.123 e. The number of methoxy groups -OCH3 is 1. The zero-order valence-corrected chi connectivity index (χ0v) is 11.7. The predicted octanol–water partition coefficient (Wildman–Crippen LogP) is 2.52. The van der Waals surface area contributed by atoms with Gasteiger partial charge in [-0.1, -0.05) is 11.6 Å². The minimum atomic E-state index is -0.208. The van der Waals surface area contributed by atoms with Gasteiger partial charge in [0.2, 0.25) is 0 Å². The number of halogens is 1. The van der Waals surface area contributed by atoms with E-state index in [-0.39, 0.29) is 5.54 Å². The fraction of sp³-hybridized carbons (Fsp3) is 0.538. The third-order valence-electron chi connectivity index (χ3n) is 2.36. The second kappa shape index (κ2) is 5.71. The number of ether oxygens (including phenoxy) is 1. The topological polar surface area (TPSA) is 38.5 Å². The van der Waals surface area contributed by atoms with E-state index in [1.807, 2.05) is 39.1 Å². The van der Waals surface area contributed by atoms with E-state index in [0.29, 0.717) is 0 Å². The van der Waals surface area contributed by atoms with Crippen LogP contribution >= 0.6 is 11.6 Å². The summed E-state index contributed by atoms with van der Waals surface area (Å²) in [6, 6.07) is 5.65. The molecule has 3 nitrogen and oxygen atoms in total. The molecule has 0 fully saturated rings. The van der Waals surface area contributed by atoms with E-state index in [2.05, 4.69) is 4.90 Å². The van der Waals surface area contributed by atoms with E-state index < -0.39 is 0 Å². The third kappa shape index (κ3) is 4.94. The summed E-state index contributed by atoms with van der Waals surface area (Å²) in [5.74, 6) is 0.857. The van der Waals surface area contributed by atoms with Crippen molar-refractivity contribution in [3.8, 4) is 5.75 Å². The van der Waals surface area contributed by atoms with Crippen molar-refractivity contribution in [2.45, 2.75) is 25.9 Å². The molecule has 0 amide bonds. The van der Waals surface area contributed by atoms with Crippen molar-refractivity contribution < 1.29 is 4.74 Å². The maximum absolute atomic E-state index is 5.99. The molecule has 0 aromatic heterocycles. The van der Waals surface area contributed by atoms with Gasteiger partial charge < -0.3 is 15.4 Å². The van der Waals surface area contributed by atoms with Crippen LogP contribution in [0.25, 0.3) is 0 Å². The molecular weight excluding hydrogens is 236 g/mol. The molecule has 0 radical (unpaired) electrons. The lowest BCUT2D eigenvalue weighted by Gasteiger charge is -2.27. The largest absolute Gasteiger partial charge is 0.496 e. The van der Waals surface area contributed by atoms with Crippen molar-refractivity contribution in [1.29, 1.82) is 0 Å². The van der Waals surface area contributed by atoms with Crippen molar-refractivity contribution in [2.75, 3.05) is 20.7 Å². The van der Waals surface area contributed by atoms with Crippen molar-refractivity contribution in [3.05, 3.63) is 28.8 Å². The lowest BCUT2D eigenvalue weighted by molar-refractivity contribution is 0.259. The molecule has 0 aliphatic heterocycles. The molecule has 0 bridgehead atoms. The van der Waals surface area contributed by atoms with Crippen LogP contribution in [0.5, 0.6) is 5.75 Å². The molecule has 0 heterocycles. The van der Waals surface area contributed by atoms with Gasteiger partial charge in [-0.25, -0.2) is 0 Å². The lowest BCUT2D eigenvalue weighted by atomic mass is 10.1. The Morgan fingerprint density at radius 1 is 1.41 bits per heavy atom. The standard InChI is InChI=1S/C13H21ClN2O/c1-13(2,15)9-16(3)8-10-7-11(14)5-6-12(10)17-4/h5-7H,8-9,15H2,1-4H3. The van der Waals surface area contributed by atoms with E-state index >= 15 is 0 Å². The number of nitrogens with zero attached hydrogens (tertiary/aromatic N) is 1. The third-order valence-corrected chi connectivity index (χ3v) is 2.60. The molecule has 0 aliphatic rings. The maximum Gasteiger partial charge on any atom is 0.123 e. The highest BCUT2D eigenvalue weighted by Crippen LogP contribution is 2.23. The van der Waals surface area contributed by atoms with Crippen LogP contribution in [0.4, 0.5) is 0 Å². The van der Waals surface area contributed by atoms with Crippen molar-refractivity contribution in [1.82, 2.24) is 4.90 Å². The van der Waals surface area contributed by atoms with Gasteiger partial charge in [0.1, 0.15) is 5.75 Å². The summed E-state index contributed by atoms with van der Waals surface area (Å²) in [6.07, 6.45) is 0.